The van der Waals surface area contributed by atoms with Gasteiger partial charge in [-0.2, -0.15) is 0 Å². The quantitative estimate of drug-likeness (QED) is 0.447. The predicted octanol–water partition coefficient (Wildman–Crippen LogP) is -1.02. The van der Waals surface area contributed by atoms with Gasteiger partial charge in [-0.05, 0) is 22.6 Å². The Morgan fingerprint density at radius 1 is 1.14 bits per heavy atom. The maximum absolute atomic E-state index is 2.19. The highest BCUT2D eigenvalue weighted by Crippen LogP contribution is 2.08. The van der Waals surface area contributed by atoms with E-state index in [0.29, 0.717) is 10.5 Å². The zero-order valence-corrected chi connectivity index (χ0v) is 6.50. The number of thiophene rings is 1. The van der Waals surface area contributed by atoms with E-state index in [0.717, 1.165) is 0 Å². The molecule has 0 nitrogen and oxygen atoms in total. The zero-order valence-electron chi connectivity index (χ0n) is 4.10. The second-order valence-corrected chi connectivity index (χ2v) is 3.02. The van der Waals surface area contributed by atoms with Crippen LogP contribution in [0.2, 0.25) is 0 Å². The first-order valence-corrected chi connectivity index (χ1v) is 3.64. The molecule has 0 bridgehead atoms. The van der Waals surface area contributed by atoms with Crippen molar-refractivity contribution in [2.75, 3.05) is 0 Å². The molecule has 0 aliphatic rings. The Kier molecular flexibility index (Phi) is 3.30. The molecule has 2 heteroatoms. The van der Waals surface area contributed by atoms with Crippen LogP contribution in [0.3, 0.4) is 0 Å². The average Bonchev–Trinajstić information content (AvgIpc) is 1.86. The minimum atomic E-state index is 0. The minimum absolute atomic E-state index is 0. The maximum atomic E-state index is 2.19. The Balaban J connectivity index is 0.000000360. The summed E-state index contributed by atoms with van der Waals surface area (Å²) in [6.07, 6.45) is 2.19. The third kappa shape index (κ3) is 2.09. The smallest absolute Gasteiger partial charge is 0.137 e. The van der Waals surface area contributed by atoms with Gasteiger partial charge in [0, 0.05) is 0 Å². The second kappa shape index (κ2) is 3.22. The fraction of sp³-hybridized carbons (Fsp3) is 0.200. The first-order chi connectivity index (χ1) is 2.89. The lowest BCUT2D eigenvalue weighted by Crippen LogP contribution is -3.00. The zero-order chi connectivity index (χ0) is 4.41. The van der Waals surface area contributed by atoms with Gasteiger partial charge in [0.05, 0.1) is 0 Å². The molecule has 0 spiro atoms. The molecule has 0 aromatic carbocycles. The van der Waals surface area contributed by atoms with Crippen LogP contribution in [-0.2, 0) is 6.26 Å². The molecule has 1 rings (SSSR count). The van der Waals surface area contributed by atoms with E-state index < -0.39 is 0 Å². The third-order valence-corrected chi connectivity index (χ3v) is 1.87. The summed E-state index contributed by atoms with van der Waals surface area (Å²) in [5.41, 5.74) is 0. The van der Waals surface area contributed by atoms with E-state index in [1.54, 1.807) is 0 Å². The van der Waals surface area contributed by atoms with Crippen LogP contribution in [0.1, 0.15) is 0 Å². The lowest BCUT2D eigenvalue weighted by atomic mass is 10.7. The molecule has 0 saturated carbocycles. The van der Waals surface area contributed by atoms with Gasteiger partial charge in [0.2, 0.25) is 0 Å². The van der Waals surface area contributed by atoms with Crippen molar-refractivity contribution >= 4 is 10.5 Å². The summed E-state index contributed by atoms with van der Waals surface area (Å²) in [6.45, 7) is 0. The molecule has 0 radical (unpaired) electrons. The van der Waals surface area contributed by atoms with Gasteiger partial charge in [0.25, 0.3) is 0 Å². The van der Waals surface area contributed by atoms with Crippen LogP contribution in [0.25, 0.3) is 0 Å². The Morgan fingerprint density at radius 3 is 1.71 bits per heavy atom. The van der Waals surface area contributed by atoms with Crippen molar-refractivity contribution in [2.45, 2.75) is 0 Å². The highest BCUT2D eigenvalue weighted by atomic mass is 79.9. The molecule has 0 aliphatic carbocycles. The first kappa shape index (κ1) is 7.18. The summed E-state index contributed by atoms with van der Waals surface area (Å²) < 4.78 is 0. The van der Waals surface area contributed by atoms with Gasteiger partial charge in [0.15, 0.2) is 0 Å². The minimum Gasteiger partial charge on any atom is -1.00 e. The van der Waals surface area contributed by atoms with Crippen LogP contribution in [0, 0.1) is 0 Å². The lowest BCUT2D eigenvalue weighted by Gasteiger charge is -1.56. The molecule has 0 N–H and O–H groups in total. The molecule has 0 fully saturated rings. The average molecular weight is 179 g/mol. The van der Waals surface area contributed by atoms with Crippen molar-refractivity contribution in [2.24, 2.45) is 6.26 Å². The van der Waals surface area contributed by atoms with E-state index in [1.807, 2.05) is 0 Å². The SMILES string of the molecule is C[s+]1cccc1.[Br-]. The summed E-state index contributed by atoms with van der Waals surface area (Å²) in [6, 6.07) is 4.17. The van der Waals surface area contributed by atoms with Crippen molar-refractivity contribution in [3.8, 4) is 0 Å². The number of rotatable bonds is 0. The van der Waals surface area contributed by atoms with Gasteiger partial charge in [-0.1, -0.05) is 0 Å². The number of hydrogen-bond donors (Lipinski definition) is 0. The van der Waals surface area contributed by atoms with E-state index in [4.69, 9.17) is 0 Å². The molecule has 0 amide bonds. The van der Waals surface area contributed by atoms with Crippen molar-refractivity contribution in [3.05, 3.63) is 22.9 Å². The van der Waals surface area contributed by atoms with Gasteiger partial charge >= 0.3 is 0 Å². The van der Waals surface area contributed by atoms with E-state index in [9.17, 15) is 0 Å². The highest BCUT2D eigenvalue weighted by molar-refractivity contribution is 7.26. The molecule has 1 aromatic rings. The van der Waals surface area contributed by atoms with Crippen LogP contribution in [-0.4, -0.2) is 0 Å². The normalized spacial score (nSPS) is 7.57. The van der Waals surface area contributed by atoms with Gasteiger partial charge in [-0.15, -0.1) is 0 Å². The number of aryl methyl sites for hydroxylation is 1. The first-order valence-electron chi connectivity index (χ1n) is 1.88. The van der Waals surface area contributed by atoms with Gasteiger partial charge < -0.3 is 17.0 Å². The topological polar surface area (TPSA) is 0 Å². The van der Waals surface area contributed by atoms with E-state index >= 15 is 0 Å². The van der Waals surface area contributed by atoms with Crippen molar-refractivity contribution < 1.29 is 17.0 Å². The Labute approximate surface area is 56.9 Å². The lowest BCUT2D eigenvalue weighted by molar-refractivity contribution is -0.00000130. The van der Waals surface area contributed by atoms with Crippen molar-refractivity contribution in [1.29, 1.82) is 0 Å². The predicted molar refractivity (Wildman–Crippen MR) is 29.9 cm³/mol. The van der Waals surface area contributed by atoms with Crippen LogP contribution >= 0.6 is 10.5 Å². The van der Waals surface area contributed by atoms with E-state index in [2.05, 4.69) is 29.1 Å². The number of halogens is 1. The molecule has 0 saturated heterocycles. The third-order valence-electron chi connectivity index (χ3n) is 0.698. The summed E-state index contributed by atoms with van der Waals surface area (Å²) in [5, 5.41) is 4.39. The Hall–Kier alpha value is 0.180. The summed E-state index contributed by atoms with van der Waals surface area (Å²) in [4.78, 5) is 0. The van der Waals surface area contributed by atoms with Crippen LogP contribution in [0.15, 0.2) is 22.9 Å². The number of hydrogen-bond acceptors (Lipinski definition) is 0. The molecule has 0 unspecified atom stereocenters. The molecular weight excluding hydrogens is 172 g/mol. The molecule has 40 valence electrons. The molecule has 1 heterocycles. The monoisotopic (exact) mass is 178 g/mol. The Bertz CT molecular complexity index is 112. The largest absolute Gasteiger partial charge is 1.00 e. The Morgan fingerprint density at radius 2 is 1.57 bits per heavy atom. The van der Waals surface area contributed by atoms with Crippen LogP contribution < -0.4 is 17.0 Å². The summed E-state index contributed by atoms with van der Waals surface area (Å²) in [5.74, 6) is 0. The van der Waals surface area contributed by atoms with Gasteiger partial charge in [0.1, 0.15) is 17.0 Å². The van der Waals surface area contributed by atoms with Gasteiger partial charge in [-0.25, -0.2) is 0 Å². The maximum Gasteiger partial charge on any atom is 0.137 e. The highest BCUT2D eigenvalue weighted by Gasteiger charge is 1.84. The fourth-order valence-corrected chi connectivity index (χ4v) is 1.15. The van der Waals surface area contributed by atoms with E-state index in [1.165, 1.54) is 0 Å². The van der Waals surface area contributed by atoms with Crippen molar-refractivity contribution in [1.82, 2.24) is 0 Å². The van der Waals surface area contributed by atoms with Gasteiger partial charge in [-0.3, -0.25) is 0 Å². The molecule has 1 aromatic heterocycles. The molecular formula is C5H7BrS. The van der Waals surface area contributed by atoms with Crippen LogP contribution in [0.5, 0.6) is 0 Å². The summed E-state index contributed by atoms with van der Waals surface area (Å²) in [7, 11) is 0.466. The van der Waals surface area contributed by atoms with Crippen LogP contribution in [0.4, 0.5) is 0 Å². The van der Waals surface area contributed by atoms with Crippen molar-refractivity contribution in [3.63, 3.8) is 0 Å². The molecule has 0 aliphatic heterocycles. The molecule has 0 atom stereocenters. The van der Waals surface area contributed by atoms with E-state index in [-0.39, 0.29) is 17.0 Å². The standard InChI is InChI=1S/C5H7S.BrH/c1-6-4-2-3-5-6;/h2-5H,1H3;1H/q+1;/p-1. The molecule has 7 heavy (non-hydrogen) atoms. The second-order valence-electron chi connectivity index (χ2n) is 1.26. The fourth-order valence-electron chi connectivity index (χ4n) is 0.384. The summed E-state index contributed by atoms with van der Waals surface area (Å²) >= 11 is 0.